The molecule has 0 unspecified atom stereocenters. The first-order chi connectivity index (χ1) is 14.9. The van der Waals surface area contributed by atoms with Crippen LogP contribution in [0.1, 0.15) is 5.56 Å². The number of hydrogen-bond acceptors (Lipinski definition) is 5. The Morgan fingerprint density at radius 1 is 1.03 bits per heavy atom. The molecule has 1 aliphatic heterocycles. The van der Waals surface area contributed by atoms with Gasteiger partial charge in [0, 0.05) is 38.4 Å². The van der Waals surface area contributed by atoms with E-state index in [0.29, 0.717) is 51.6 Å². The summed E-state index contributed by atoms with van der Waals surface area (Å²) in [6.07, 6.45) is 0. The van der Waals surface area contributed by atoms with E-state index >= 15 is 0 Å². The van der Waals surface area contributed by atoms with Gasteiger partial charge in [0.1, 0.15) is 0 Å². The second-order valence-electron chi connectivity index (χ2n) is 7.68. The third-order valence-corrected chi connectivity index (χ3v) is 6.91. The molecule has 1 saturated heterocycles. The number of morpholine rings is 1. The number of sulfonamides is 1. The van der Waals surface area contributed by atoms with Gasteiger partial charge in [-0.25, -0.2) is 13.2 Å². The first-order valence-electron chi connectivity index (χ1n) is 10.3. The third kappa shape index (κ3) is 6.51. The van der Waals surface area contributed by atoms with Crippen molar-refractivity contribution in [1.82, 2.24) is 14.1 Å². The Hall–Kier alpha value is -2.46. The summed E-state index contributed by atoms with van der Waals surface area (Å²) in [7, 11) is 0.285. The zero-order chi connectivity index (χ0) is 22.3. The summed E-state index contributed by atoms with van der Waals surface area (Å²) in [4.78, 5) is 16.9. The molecule has 2 amide bonds. The van der Waals surface area contributed by atoms with E-state index in [0.717, 1.165) is 5.56 Å². The highest BCUT2D eigenvalue weighted by Crippen LogP contribution is 2.21. The maximum Gasteiger partial charge on any atom is 0.322 e. The molecule has 8 nitrogen and oxygen atoms in total. The number of likely N-dealkylation sites (N-methyl/N-ethyl adjacent to an activating group) is 1. The van der Waals surface area contributed by atoms with Crippen LogP contribution >= 0.6 is 0 Å². The summed E-state index contributed by atoms with van der Waals surface area (Å²) in [6, 6.07) is 15.9. The summed E-state index contributed by atoms with van der Waals surface area (Å²) in [5, 5.41) is 2.86. The number of nitrogens with one attached hydrogen (secondary N) is 1. The van der Waals surface area contributed by atoms with E-state index < -0.39 is 10.0 Å². The van der Waals surface area contributed by atoms with E-state index in [2.05, 4.69) is 5.32 Å². The van der Waals surface area contributed by atoms with Crippen molar-refractivity contribution >= 4 is 21.7 Å². The maximum absolute atomic E-state index is 13.0. The number of anilines is 1. The van der Waals surface area contributed by atoms with Crippen LogP contribution in [0, 0.1) is 0 Å². The first kappa shape index (κ1) is 23.2. The zero-order valence-corrected chi connectivity index (χ0v) is 18.8. The topological polar surface area (TPSA) is 82.2 Å². The summed E-state index contributed by atoms with van der Waals surface area (Å²) < 4.78 is 32.5. The molecule has 1 aliphatic rings. The Morgan fingerprint density at radius 3 is 2.42 bits per heavy atom. The fraction of sp³-hybridized carbons (Fsp3) is 0.409. The van der Waals surface area contributed by atoms with E-state index in [-0.39, 0.29) is 10.9 Å². The smallest absolute Gasteiger partial charge is 0.322 e. The van der Waals surface area contributed by atoms with Gasteiger partial charge in [0.2, 0.25) is 10.0 Å². The number of carbonyl (C=O) groups excluding carboxylic acids is 1. The minimum absolute atomic E-state index is 0.162. The number of carbonyl (C=O) groups is 1. The van der Waals surface area contributed by atoms with Gasteiger partial charge in [-0.05, 0) is 37.9 Å². The van der Waals surface area contributed by atoms with E-state index in [1.54, 1.807) is 23.1 Å². The lowest BCUT2D eigenvalue weighted by atomic mass is 10.2. The highest BCUT2D eigenvalue weighted by atomic mass is 32.2. The average molecular weight is 447 g/mol. The number of amides is 2. The number of rotatable bonds is 8. The van der Waals surface area contributed by atoms with Crippen molar-refractivity contribution < 1.29 is 17.9 Å². The van der Waals surface area contributed by atoms with Crippen molar-refractivity contribution in [3.63, 3.8) is 0 Å². The highest BCUT2D eigenvalue weighted by Gasteiger charge is 2.26. The molecule has 0 spiro atoms. The van der Waals surface area contributed by atoms with Gasteiger partial charge in [0.05, 0.1) is 18.1 Å². The van der Waals surface area contributed by atoms with Crippen LogP contribution < -0.4 is 5.32 Å². The Balaban J connectivity index is 1.74. The minimum Gasteiger partial charge on any atom is -0.379 e. The van der Waals surface area contributed by atoms with Gasteiger partial charge < -0.3 is 19.9 Å². The van der Waals surface area contributed by atoms with Crippen molar-refractivity contribution in [2.75, 3.05) is 58.8 Å². The van der Waals surface area contributed by atoms with Crippen LogP contribution in [0.5, 0.6) is 0 Å². The Bertz CT molecular complexity index is 960. The van der Waals surface area contributed by atoms with Crippen LogP contribution in [0.4, 0.5) is 10.5 Å². The number of benzene rings is 2. The molecule has 31 heavy (non-hydrogen) atoms. The first-order valence-corrected chi connectivity index (χ1v) is 11.7. The Labute approximate surface area is 184 Å². The van der Waals surface area contributed by atoms with Crippen LogP contribution in [0.3, 0.4) is 0 Å². The molecule has 0 aliphatic carbocycles. The molecule has 2 aromatic carbocycles. The summed E-state index contributed by atoms with van der Waals surface area (Å²) in [5.74, 6) is 0. The summed E-state index contributed by atoms with van der Waals surface area (Å²) >= 11 is 0. The van der Waals surface area contributed by atoms with Crippen LogP contribution in [-0.2, 0) is 21.3 Å². The standard InChI is InChI=1S/C22H30N4O4S/c1-24(2)11-12-25(18-19-7-4-3-5-8-19)22(27)23-20-9-6-10-21(17-20)31(28,29)26-13-15-30-16-14-26/h3-10,17H,11-16,18H2,1-2H3,(H,23,27). The molecular weight excluding hydrogens is 416 g/mol. The number of nitrogens with zero attached hydrogens (tertiary/aromatic N) is 3. The van der Waals surface area contributed by atoms with Gasteiger partial charge in [-0.2, -0.15) is 4.31 Å². The predicted octanol–water partition coefficient (Wildman–Crippen LogP) is 2.30. The largest absolute Gasteiger partial charge is 0.379 e. The maximum atomic E-state index is 13.0. The molecular formula is C22H30N4O4S. The fourth-order valence-electron chi connectivity index (χ4n) is 3.25. The second kappa shape index (κ2) is 10.7. The van der Waals surface area contributed by atoms with E-state index in [4.69, 9.17) is 4.74 Å². The average Bonchev–Trinajstić information content (AvgIpc) is 2.78. The van der Waals surface area contributed by atoms with Crippen molar-refractivity contribution in [2.24, 2.45) is 0 Å². The summed E-state index contributed by atoms with van der Waals surface area (Å²) in [6.45, 7) is 3.14. The fourth-order valence-corrected chi connectivity index (χ4v) is 4.70. The second-order valence-corrected chi connectivity index (χ2v) is 9.62. The molecule has 0 aromatic heterocycles. The molecule has 3 rings (SSSR count). The van der Waals surface area contributed by atoms with Crippen molar-refractivity contribution in [1.29, 1.82) is 0 Å². The van der Waals surface area contributed by atoms with E-state index in [9.17, 15) is 13.2 Å². The van der Waals surface area contributed by atoms with Crippen molar-refractivity contribution in [3.05, 3.63) is 60.2 Å². The number of ether oxygens (including phenoxy) is 1. The molecule has 0 radical (unpaired) electrons. The highest BCUT2D eigenvalue weighted by molar-refractivity contribution is 7.89. The molecule has 2 aromatic rings. The molecule has 0 saturated carbocycles. The normalized spacial score (nSPS) is 15.1. The molecule has 168 valence electrons. The molecule has 9 heteroatoms. The van der Waals surface area contributed by atoms with Gasteiger partial charge in [0.15, 0.2) is 0 Å². The van der Waals surface area contributed by atoms with Crippen molar-refractivity contribution in [2.45, 2.75) is 11.4 Å². The van der Waals surface area contributed by atoms with E-state index in [1.807, 2.05) is 49.3 Å². The van der Waals surface area contributed by atoms with Crippen LogP contribution in [0.25, 0.3) is 0 Å². The Morgan fingerprint density at radius 2 is 1.74 bits per heavy atom. The number of hydrogen-bond donors (Lipinski definition) is 1. The zero-order valence-electron chi connectivity index (χ0n) is 18.0. The van der Waals surface area contributed by atoms with Gasteiger partial charge in [0.25, 0.3) is 0 Å². The monoisotopic (exact) mass is 446 g/mol. The van der Waals surface area contributed by atoms with Crippen molar-refractivity contribution in [3.8, 4) is 0 Å². The molecule has 1 fully saturated rings. The summed E-state index contributed by atoms with van der Waals surface area (Å²) in [5.41, 5.74) is 1.47. The predicted molar refractivity (Wildman–Crippen MR) is 120 cm³/mol. The van der Waals surface area contributed by atoms with Gasteiger partial charge in [-0.3, -0.25) is 0 Å². The van der Waals surface area contributed by atoms with Crippen LogP contribution in [-0.4, -0.2) is 82.0 Å². The van der Waals surface area contributed by atoms with E-state index in [1.165, 1.54) is 10.4 Å². The molecule has 0 atom stereocenters. The molecule has 0 bridgehead atoms. The molecule has 1 heterocycles. The molecule has 1 N–H and O–H groups in total. The lowest BCUT2D eigenvalue weighted by molar-refractivity contribution is 0.0730. The minimum atomic E-state index is -3.63. The van der Waals surface area contributed by atoms with Crippen LogP contribution in [0.15, 0.2) is 59.5 Å². The number of urea groups is 1. The van der Waals surface area contributed by atoms with Gasteiger partial charge >= 0.3 is 6.03 Å². The van der Waals surface area contributed by atoms with Gasteiger partial charge in [-0.1, -0.05) is 36.4 Å². The third-order valence-electron chi connectivity index (χ3n) is 5.01. The lowest BCUT2D eigenvalue weighted by Gasteiger charge is -2.26. The quantitative estimate of drug-likeness (QED) is 0.673. The Kier molecular flexibility index (Phi) is 8.03. The lowest BCUT2D eigenvalue weighted by Crippen LogP contribution is -2.40. The van der Waals surface area contributed by atoms with Crippen LogP contribution in [0.2, 0.25) is 0 Å². The van der Waals surface area contributed by atoms with Gasteiger partial charge in [-0.15, -0.1) is 0 Å². The SMILES string of the molecule is CN(C)CCN(Cc1ccccc1)C(=O)Nc1cccc(S(=O)(=O)N2CCOCC2)c1.